The number of thioether (sulfide) groups is 1. The standard InChI is InChI=1S/C26H28N4O3S/c1-17-8-7-9-19(14-17)24-23(25(32)29-20-10-5-4-6-11-20)18(2)28-26-30(24)21(16-34-26)15-22(31)27-12-13-33-3/h4-11,14,16,24H,12-13,15H2,1-3H3,(H,27,31)(H,29,32)/t24-/m1/s1. The number of anilines is 1. The number of amides is 2. The van der Waals surface area contributed by atoms with Gasteiger partial charge >= 0.3 is 0 Å². The number of amidine groups is 1. The summed E-state index contributed by atoms with van der Waals surface area (Å²) in [7, 11) is 1.60. The minimum atomic E-state index is -0.399. The summed E-state index contributed by atoms with van der Waals surface area (Å²) in [4.78, 5) is 32.9. The third-order valence-corrected chi connectivity index (χ3v) is 6.49. The van der Waals surface area contributed by atoms with E-state index in [9.17, 15) is 9.59 Å². The summed E-state index contributed by atoms with van der Waals surface area (Å²) in [6.07, 6.45) is 0.185. The van der Waals surface area contributed by atoms with Crippen molar-refractivity contribution in [1.82, 2.24) is 10.2 Å². The fraction of sp³-hybridized carbons (Fsp3) is 0.269. The molecule has 2 N–H and O–H groups in total. The van der Waals surface area contributed by atoms with Crippen LogP contribution in [0.1, 0.15) is 30.5 Å². The van der Waals surface area contributed by atoms with Crippen molar-refractivity contribution in [2.45, 2.75) is 26.3 Å². The predicted octanol–water partition coefficient (Wildman–Crippen LogP) is 4.36. The highest BCUT2D eigenvalue weighted by Gasteiger charge is 2.40. The highest BCUT2D eigenvalue weighted by Crippen LogP contribution is 2.44. The second-order valence-electron chi connectivity index (χ2n) is 8.15. The normalized spacial score (nSPS) is 17.1. The van der Waals surface area contributed by atoms with Crippen molar-refractivity contribution in [3.63, 3.8) is 0 Å². The number of nitrogens with one attached hydrogen (secondary N) is 2. The lowest BCUT2D eigenvalue weighted by Crippen LogP contribution is -2.39. The van der Waals surface area contributed by atoms with E-state index in [4.69, 9.17) is 9.73 Å². The second kappa shape index (κ2) is 10.7. The first kappa shape index (κ1) is 23.8. The summed E-state index contributed by atoms with van der Waals surface area (Å²) in [5.74, 6) is -0.312. The number of allylic oxidation sites excluding steroid dienone is 1. The molecule has 0 aromatic heterocycles. The van der Waals surface area contributed by atoms with Gasteiger partial charge < -0.3 is 20.3 Å². The zero-order valence-corrected chi connectivity index (χ0v) is 20.3. The Bertz CT molecular complexity index is 1170. The number of carbonyl (C=O) groups excluding carboxylic acids is 2. The van der Waals surface area contributed by atoms with Gasteiger partial charge in [0, 0.05) is 25.0 Å². The molecule has 2 heterocycles. The van der Waals surface area contributed by atoms with Crippen LogP contribution in [0.3, 0.4) is 0 Å². The Hall–Kier alpha value is -3.36. The molecule has 0 radical (unpaired) electrons. The van der Waals surface area contributed by atoms with Gasteiger partial charge in [-0.3, -0.25) is 9.59 Å². The molecule has 1 atom stereocenters. The number of aryl methyl sites for hydroxylation is 1. The lowest BCUT2D eigenvalue weighted by atomic mass is 9.92. The van der Waals surface area contributed by atoms with Gasteiger partial charge in [-0.05, 0) is 37.0 Å². The van der Waals surface area contributed by atoms with E-state index in [0.717, 1.165) is 27.7 Å². The summed E-state index contributed by atoms with van der Waals surface area (Å²) in [5, 5.41) is 8.60. The molecule has 0 bridgehead atoms. The van der Waals surface area contributed by atoms with Crippen molar-refractivity contribution in [3.8, 4) is 0 Å². The van der Waals surface area contributed by atoms with E-state index in [1.54, 1.807) is 7.11 Å². The smallest absolute Gasteiger partial charge is 0.255 e. The molecule has 34 heavy (non-hydrogen) atoms. The maximum atomic E-state index is 13.6. The average Bonchev–Trinajstić information content (AvgIpc) is 3.20. The number of para-hydroxylation sites is 1. The molecule has 4 rings (SSSR count). The minimum Gasteiger partial charge on any atom is -0.383 e. The number of carbonyl (C=O) groups is 2. The lowest BCUT2D eigenvalue weighted by molar-refractivity contribution is -0.120. The van der Waals surface area contributed by atoms with Crippen LogP contribution in [0.2, 0.25) is 0 Å². The van der Waals surface area contributed by atoms with E-state index in [1.165, 1.54) is 11.8 Å². The maximum Gasteiger partial charge on any atom is 0.255 e. The first-order chi connectivity index (χ1) is 16.5. The number of ether oxygens (including phenoxy) is 1. The quantitative estimate of drug-likeness (QED) is 0.553. The fourth-order valence-electron chi connectivity index (χ4n) is 4.05. The van der Waals surface area contributed by atoms with Gasteiger partial charge in [-0.1, -0.05) is 59.8 Å². The number of aliphatic imine (C=N–C) groups is 1. The van der Waals surface area contributed by atoms with Crippen molar-refractivity contribution in [2.75, 3.05) is 25.6 Å². The van der Waals surface area contributed by atoms with Crippen molar-refractivity contribution in [3.05, 3.63) is 88.1 Å². The molecular weight excluding hydrogens is 448 g/mol. The molecule has 7 nitrogen and oxygen atoms in total. The monoisotopic (exact) mass is 476 g/mol. The zero-order valence-electron chi connectivity index (χ0n) is 19.5. The number of fused-ring (bicyclic) bond motifs is 1. The van der Waals surface area contributed by atoms with Gasteiger partial charge in [0.05, 0.1) is 30.3 Å². The van der Waals surface area contributed by atoms with Gasteiger partial charge in [0.15, 0.2) is 5.17 Å². The topological polar surface area (TPSA) is 83.0 Å². The first-order valence-electron chi connectivity index (χ1n) is 11.1. The van der Waals surface area contributed by atoms with E-state index in [-0.39, 0.29) is 18.2 Å². The molecule has 0 aliphatic carbocycles. The summed E-state index contributed by atoms with van der Waals surface area (Å²) in [6.45, 7) is 4.79. The van der Waals surface area contributed by atoms with Crippen LogP contribution in [0.15, 0.2) is 82.0 Å². The largest absolute Gasteiger partial charge is 0.383 e. The van der Waals surface area contributed by atoms with Crippen molar-refractivity contribution in [2.24, 2.45) is 4.99 Å². The van der Waals surface area contributed by atoms with Crippen LogP contribution in [0.5, 0.6) is 0 Å². The Morgan fingerprint density at radius 2 is 1.91 bits per heavy atom. The molecule has 0 saturated carbocycles. The highest BCUT2D eigenvalue weighted by atomic mass is 32.2. The third-order valence-electron chi connectivity index (χ3n) is 5.60. The number of hydrogen-bond acceptors (Lipinski definition) is 6. The molecule has 0 unspecified atom stereocenters. The van der Waals surface area contributed by atoms with Crippen molar-refractivity contribution in [1.29, 1.82) is 0 Å². The molecule has 176 valence electrons. The lowest BCUT2D eigenvalue weighted by Gasteiger charge is -2.36. The average molecular weight is 477 g/mol. The Labute approximate surface area is 204 Å². The number of hydrogen-bond donors (Lipinski definition) is 2. The molecule has 2 aromatic carbocycles. The summed E-state index contributed by atoms with van der Waals surface area (Å²) >= 11 is 1.47. The van der Waals surface area contributed by atoms with Gasteiger partial charge in [-0.25, -0.2) is 4.99 Å². The van der Waals surface area contributed by atoms with E-state index < -0.39 is 6.04 Å². The third kappa shape index (κ3) is 5.24. The van der Waals surface area contributed by atoms with E-state index in [1.807, 2.05) is 72.7 Å². The zero-order chi connectivity index (χ0) is 24.1. The highest BCUT2D eigenvalue weighted by molar-refractivity contribution is 8.16. The second-order valence-corrected chi connectivity index (χ2v) is 8.98. The molecule has 0 saturated heterocycles. The maximum absolute atomic E-state index is 13.6. The molecule has 2 aliphatic heterocycles. The molecule has 2 aromatic rings. The van der Waals surface area contributed by atoms with Crippen LogP contribution in [0.4, 0.5) is 5.69 Å². The predicted molar refractivity (Wildman–Crippen MR) is 136 cm³/mol. The molecule has 2 aliphatic rings. The van der Waals surface area contributed by atoms with Crippen LogP contribution in [-0.4, -0.2) is 42.1 Å². The van der Waals surface area contributed by atoms with E-state index >= 15 is 0 Å². The number of rotatable bonds is 8. The summed E-state index contributed by atoms with van der Waals surface area (Å²) in [6, 6.07) is 17.1. The van der Waals surface area contributed by atoms with E-state index in [2.05, 4.69) is 16.7 Å². The van der Waals surface area contributed by atoms with Crippen LogP contribution in [0, 0.1) is 6.92 Å². The minimum absolute atomic E-state index is 0.102. The van der Waals surface area contributed by atoms with Gasteiger partial charge in [0.2, 0.25) is 5.91 Å². The molecule has 2 amide bonds. The Morgan fingerprint density at radius 3 is 2.65 bits per heavy atom. The molecule has 0 fully saturated rings. The SMILES string of the molecule is COCCNC(=O)CC1=CSC2=NC(C)=C(C(=O)Nc3ccccc3)[C@@H](c3cccc(C)c3)N12. The molecular formula is C26H28N4O3S. The van der Waals surface area contributed by atoms with E-state index in [0.29, 0.717) is 24.4 Å². The Balaban J connectivity index is 1.68. The van der Waals surface area contributed by atoms with Gasteiger partial charge in [0.1, 0.15) is 0 Å². The van der Waals surface area contributed by atoms with Gasteiger partial charge in [-0.2, -0.15) is 0 Å². The summed E-state index contributed by atoms with van der Waals surface area (Å²) in [5.41, 5.74) is 4.82. The van der Waals surface area contributed by atoms with Crippen LogP contribution < -0.4 is 10.6 Å². The van der Waals surface area contributed by atoms with Gasteiger partial charge in [-0.15, -0.1) is 0 Å². The summed E-state index contributed by atoms with van der Waals surface area (Å²) < 4.78 is 5.02. The van der Waals surface area contributed by atoms with Crippen LogP contribution in [0.25, 0.3) is 0 Å². The van der Waals surface area contributed by atoms with Crippen molar-refractivity contribution < 1.29 is 14.3 Å². The Kier molecular flexibility index (Phi) is 7.49. The molecule has 0 spiro atoms. The van der Waals surface area contributed by atoms with Crippen LogP contribution in [-0.2, 0) is 14.3 Å². The van der Waals surface area contributed by atoms with Crippen LogP contribution >= 0.6 is 11.8 Å². The molecule has 8 heteroatoms. The van der Waals surface area contributed by atoms with Crippen molar-refractivity contribution >= 4 is 34.4 Å². The Morgan fingerprint density at radius 1 is 1.12 bits per heavy atom. The number of methoxy groups -OCH3 is 1. The first-order valence-corrected chi connectivity index (χ1v) is 12.0. The number of benzene rings is 2. The van der Waals surface area contributed by atoms with Gasteiger partial charge in [0.25, 0.3) is 5.91 Å². The number of nitrogens with zero attached hydrogens (tertiary/aromatic N) is 2. The fourth-order valence-corrected chi connectivity index (χ4v) is 5.02.